The Hall–Kier alpha value is -1.76. The molecule has 3 heterocycles. The molecule has 1 aliphatic heterocycles. The molecule has 0 N–H and O–H groups in total. The zero-order valence-electron chi connectivity index (χ0n) is 15.1. The summed E-state index contributed by atoms with van der Waals surface area (Å²) < 4.78 is 56.7. The predicted molar refractivity (Wildman–Crippen MR) is 93.4 cm³/mol. The van der Waals surface area contributed by atoms with E-state index in [0.29, 0.717) is 11.4 Å². The Morgan fingerprint density at radius 3 is 1.77 bits per heavy atom. The third kappa shape index (κ3) is 3.06. The van der Waals surface area contributed by atoms with Crippen LogP contribution in [0.1, 0.15) is 11.4 Å². The lowest BCUT2D eigenvalue weighted by Crippen LogP contribution is -2.50. The number of rotatable bonds is 4. The fraction of sp³-hybridized carbons (Fsp3) is 0.571. The molecular formula is C14H22N6O4S2. The highest BCUT2D eigenvalue weighted by Crippen LogP contribution is 2.24. The van der Waals surface area contributed by atoms with Crippen LogP contribution in [0, 0.1) is 13.8 Å². The lowest BCUT2D eigenvalue weighted by Gasteiger charge is -2.33. The van der Waals surface area contributed by atoms with Crippen LogP contribution >= 0.6 is 0 Å². The third-order valence-electron chi connectivity index (χ3n) is 4.59. The molecule has 0 amide bonds. The summed E-state index contributed by atoms with van der Waals surface area (Å²) in [5, 5.41) is 8.05. The second kappa shape index (κ2) is 6.44. The Morgan fingerprint density at radius 1 is 0.885 bits per heavy atom. The van der Waals surface area contributed by atoms with Crippen molar-refractivity contribution in [2.24, 2.45) is 14.1 Å². The molecule has 144 valence electrons. The summed E-state index contributed by atoms with van der Waals surface area (Å²) in [4.78, 5) is 0.304. The van der Waals surface area contributed by atoms with Crippen LogP contribution < -0.4 is 0 Å². The van der Waals surface area contributed by atoms with E-state index in [0.717, 1.165) is 0 Å². The van der Waals surface area contributed by atoms with Crippen molar-refractivity contribution in [3.05, 3.63) is 23.8 Å². The molecule has 2 aromatic heterocycles. The summed E-state index contributed by atoms with van der Waals surface area (Å²) in [6.45, 7) is 3.69. The highest BCUT2D eigenvalue weighted by Gasteiger charge is 2.36. The fourth-order valence-electron chi connectivity index (χ4n) is 2.99. The van der Waals surface area contributed by atoms with E-state index in [1.54, 1.807) is 27.9 Å². The van der Waals surface area contributed by atoms with Crippen molar-refractivity contribution in [2.45, 2.75) is 23.6 Å². The van der Waals surface area contributed by atoms with Crippen molar-refractivity contribution >= 4 is 20.0 Å². The van der Waals surface area contributed by atoms with Crippen molar-refractivity contribution in [2.75, 3.05) is 26.2 Å². The van der Waals surface area contributed by atoms with Crippen LogP contribution in [-0.2, 0) is 34.1 Å². The van der Waals surface area contributed by atoms with Gasteiger partial charge in [-0.3, -0.25) is 9.36 Å². The minimum atomic E-state index is -3.70. The SMILES string of the molecule is Cc1nn(C)cc1S(=O)(=O)N1CCN(S(=O)(=O)c2cnn(C)c2C)CC1. The maximum atomic E-state index is 12.8. The first-order chi connectivity index (χ1) is 12.0. The first kappa shape index (κ1) is 19.0. The van der Waals surface area contributed by atoms with Crippen LogP contribution in [0.15, 0.2) is 22.2 Å². The molecule has 0 aliphatic carbocycles. The number of hydrogen-bond donors (Lipinski definition) is 0. The van der Waals surface area contributed by atoms with Crippen LogP contribution in [-0.4, -0.2) is 71.2 Å². The monoisotopic (exact) mass is 402 g/mol. The maximum absolute atomic E-state index is 12.8. The molecule has 10 nitrogen and oxygen atoms in total. The number of hydrogen-bond acceptors (Lipinski definition) is 6. The van der Waals surface area contributed by atoms with Gasteiger partial charge in [-0.05, 0) is 13.8 Å². The molecule has 0 bridgehead atoms. The Morgan fingerprint density at radius 2 is 1.38 bits per heavy atom. The van der Waals surface area contributed by atoms with Gasteiger partial charge in [-0.2, -0.15) is 18.8 Å². The Kier molecular flexibility index (Phi) is 4.71. The van der Waals surface area contributed by atoms with E-state index in [4.69, 9.17) is 0 Å². The minimum absolute atomic E-state index is 0.0925. The maximum Gasteiger partial charge on any atom is 0.246 e. The molecule has 0 spiro atoms. The molecular weight excluding hydrogens is 380 g/mol. The fourth-order valence-corrected chi connectivity index (χ4v) is 6.22. The van der Waals surface area contributed by atoms with Gasteiger partial charge >= 0.3 is 0 Å². The van der Waals surface area contributed by atoms with E-state index in [9.17, 15) is 16.8 Å². The van der Waals surface area contributed by atoms with Crippen LogP contribution in [0.3, 0.4) is 0 Å². The van der Waals surface area contributed by atoms with Crippen LogP contribution in [0.2, 0.25) is 0 Å². The highest BCUT2D eigenvalue weighted by molar-refractivity contribution is 7.89. The van der Waals surface area contributed by atoms with Crippen molar-refractivity contribution in [1.29, 1.82) is 0 Å². The Balaban J connectivity index is 1.79. The summed E-state index contributed by atoms with van der Waals surface area (Å²) in [5.74, 6) is 0. The summed E-state index contributed by atoms with van der Waals surface area (Å²) in [6.07, 6.45) is 2.79. The zero-order valence-corrected chi connectivity index (χ0v) is 16.7. The largest absolute Gasteiger partial charge is 0.274 e. The minimum Gasteiger partial charge on any atom is -0.274 e. The molecule has 2 aromatic rings. The quantitative estimate of drug-likeness (QED) is 0.680. The van der Waals surface area contributed by atoms with Gasteiger partial charge in [-0.1, -0.05) is 0 Å². The average Bonchev–Trinajstić information content (AvgIpc) is 3.10. The molecule has 3 rings (SSSR count). The van der Waals surface area contributed by atoms with Crippen LogP contribution in [0.5, 0.6) is 0 Å². The lowest BCUT2D eigenvalue weighted by atomic mass is 10.4. The van der Waals surface area contributed by atoms with Crippen LogP contribution in [0.4, 0.5) is 0 Å². The first-order valence-electron chi connectivity index (χ1n) is 8.04. The molecule has 1 saturated heterocycles. The van der Waals surface area contributed by atoms with Crippen LogP contribution in [0.25, 0.3) is 0 Å². The van der Waals surface area contributed by atoms with Crippen molar-refractivity contribution in [3.63, 3.8) is 0 Å². The van der Waals surface area contributed by atoms with Gasteiger partial charge in [0.15, 0.2) is 0 Å². The molecule has 1 fully saturated rings. The number of aryl methyl sites for hydroxylation is 3. The third-order valence-corrected chi connectivity index (χ3v) is 8.60. The Labute approximate surface area is 153 Å². The van der Waals surface area contributed by atoms with Gasteiger partial charge in [-0.25, -0.2) is 16.8 Å². The van der Waals surface area contributed by atoms with Crippen molar-refractivity contribution in [1.82, 2.24) is 28.2 Å². The van der Waals surface area contributed by atoms with E-state index >= 15 is 0 Å². The van der Waals surface area contributed by atoms with Gasteiger partial charge in [0, 0.05) is 46.5 Å². The van der Waals surface area contributed by atoms with Gasteiger partial charge in [0.2, 0.25) is 20.0 Å². The molecule has 12 heteroatoms. The van der Waals surface area contributed by atoms with E-state index in [2.05, 4.69) is 10.2 Å². The average molecular weight is 403 g/mol. The normalized spacial score (nSPS) is 17.7. The molecule has 0 unspecified atom stereocenters. The Bertz CT molecular complexity index is 990. The molecule has 0 radical (unpaired) electrons. The number of nitrogens with zero attached hydrogens (tertiary/aromatic N) is 6. The number of aromatic nitrogens is 4. The van der Waals surface area contributed by atoms with E-state index in [-0.39, 0.29) is 36.0 Å². The first-order valence-corrected chi connectivity index (χ1v) is 10.9. The van der Waals surface area contributed by atoms with E-state index in [1.165, 1.54) is 30.4 Å². The second-order valence-electron chi connectivity index (χ2n) is 6.28. The van der Waals surface area contributed by atoms with E-state index in [1.807, 2.05) is 0 Å². The smallest absolute Gasteiger partial charge is 0.246 e. The van der Waals surface area contributed by atoms with Gasteiger partial charge in [0.25, 0.3) is 0 Å². The molecule has 0 saturated carbocycles. The summed E-state index contributed by atoms with van der Waals surface area (Å²) in [6, 6.07) is 0. The summed E-state index contributed by atoms with van der Waals surface area (Å²) in [5.41, 5.74) is 0.972. The number of sulfonamides is 2. The van der Waals surface area contributed by atoms with Crippen molar-refractivity contribution in [3.8, 4) is 0 Å². The van der Waals surface area contributed by atoms with Gasteiger partial charge < -0.3 is 0 Å². The van der Waals surface area contributed by atoms with Gasteiger partial charge in [-0.15, -0.1) is 0 Å². The summed E-state index contributed by atoms with van der Waals surface area (Å²) in [7, 11) is -4.06. The molecule has 1 aliphatic rings. The predicted octanol–water partition coefficient (Wildman–Crippen LogP) is -0.534. The number of piperazine rings is 1. The topological polar surface area (TPSA) is 110 Å². The highest BCUT2D eigenvalue weighted by atomic mass is 32.2. The zero-order chi connectivity index (χ0) is 19.3. The van der Waals surface area contributed by atoms with Gasteiger partial charge in [0.1, 0.15) is 9.79 Å². The molecule has 0 atom stereocenters. The van der Waals surface area contributed by atoms with Gasteiger partial charge in [0.05, 0.1) is 17.6 Å². The molecule has 0 aromatic carbocycles. The molecule has 26 heavy (non-hydrogen) atoms. The summed E-state index contributed by atoms with van der Waals surface area (Å²) >= 11 is 0. The van der Waals surface area contributed by atoms with Crippen molar-refractivity contribution < 1.29 is 16.8 Å². The second-order valence-corrected chi connectivity index (χ2v) is 10.1. The lowest BCUT2D eigenvalue weighted by molar-refractivity contribution is 0.272. The van der Waals surface area contributed by atoms with E-state index < -0.39 is 20.0 Å². The standard InChI is InChI=1S/C14H22N6O4S2/c1-11-14(10-17(3)16-11)26(23,24)20-7-5-19(6-8-20)25(21,22)13-9-15-18(4)12(13)2/h9-10H,5-8H2,1-4H3.